The number of carbonyl (C=O) groups is 3. The van der Waals surface area contributed by atoms with E-state index < -0.39 is 12.0 Å². The molecule has 186 valence electrons. The average Bonchev–Trinajstić information content (AvgIpc) is 2.77. The van der Waals surface area contributed by atoms with Crippen molar-refractivity contribution in [3.05, 3.63) is 46.7 Å². The van der Waals surface area contributed by atoms with E-state index in [-0.39, 0.29) is 24.6 Å². The van der Waals surface area contributed by atoms with Gasteiger partial charge in [0, 0.05) is 51.4 Å². The van der Waals surface area contributed by atoms with Crippen LogP contribution < -0.4 is 5.32 Å². The van der Waals surface area contributed by atoms with Crippen LogP contribution in [0.3, 0.4) is 0 Å². The van der Waals surface area contributed by atoms with Gasteiger partial charge in [0.2, 0.25) is 5.91 Å². The normalized spacial score (nSPS) is 21.7. The molecule has 34 heavy (non-hydrogen) atoms. The maximum absolute atomic E-state index is 13.1. The molecule has 0 spiro atoms. The molecule has 1 aromatic carbocycles. The number of piperazine rings is 1. The summed E-state index contributed by atoms with van der Waals surface area (Å²) in [6, 6.07) is 7.03. The number of carbonyl (C=O) groups excluding carboxylic acids is 3. The lowest BCUT2D eigenvalue weighted by Crippen LogP contribution is -2.56. The van der Waals surface area contributed by atoms with Crippen LogP contribution in [-0.4, -0.2) is 78.5 Å². The smallest absolute Gasteiger partial charge is 0.338 e. The van der Waals surface area contributed by atoms with Gasteiger partial charge in [-0.3, -0.25) is 14.6 Å². The minimum Gasteiger partial charge on any atom is -0.463 e. The van der Waals surface area contributed by atoms with Gasteiger partial charge in [-0.2, -0.15) is 0 Å². The number of likely N-dealkylation sites (N-methyl/N-ethyl adjacent to an activating group) is 1. The Morgan fingerprint density at radius 2 is 1.85 bits per heavy atom. The molecule has 2 unspecified atom stereocenters. The first-order valence-corrected chi connectivity index (χ1v) is 12.1. The van der Waals surface area contributed by atoms with Crippen LogP contribution in [0.15, 0.2) is 35.5 Å². The summed E-state index contributed by atoms with van der Waals surface area (Å²) in [5.74, 6) is 0.0824. The third kappa shape index (κ3) is 5.78. The van der Waals surface area contributed by atoms with Crippen LogP contribution in [0.2, 0.25) is 0 Å². The molecule has 2 aliphatic heterocycles. The first-order chi connectivity index (χ1) is 16.1. The van der Waals surface area contributed by atoms with Gasteiger partial charge in [-0.1, -0.05) is 43.7 Å². The van der Waals surface area contributed by atoms with Gasteiger partial charge < -0.3 is 15.0 Å². The quantitative estimate of drug-likeness (QED) is 0.620. The van der Waals surface area contributed by atoms with E-state index in [0.717, 1.165) is 11.1 Å². The van der Waals surface area contributed by atoms with E-state index in [0.29, 0.717) is 49.8 Å². The van der Waals surface area contributed by atoms with Gasteiger partial charge in [0.15, 0.2) is 0 Å². The molecular formula is C26H38N4O4. The summed E-state index contributed by atoms with van der Waals surface area (Å²) in [5.41, 5.74) is 3.04. The fourth-order valence-corrected chi connectivity index (χ4v) is 4.63. The topological polar surface area (TPSA) is 82.2 Å². The molecule has 1 aromatic rings. The highest BCUT2D eigenvalue weighted by atomic mass is 16.5. The molecule has 3 amide bonds. The number of nitrogens with one attached hydrogen (secondary N) is 1. The van der Waals surface area contributed by atoms with E-state index in [2.05, 4.69) is 31.0 Å². The van der Waals surface area contributed by atoms with Gasteiger partial charge in [0.1, 0.15) is 0 Å². The van der Waals surface area contributed by atoms with Gasteiger partial charge >= 0.3 is 12.0 Å². The van der Waals surface area contributed by atoms with Crippen molar-refractivity contribution < 1.29 is 19.1 Å². The lowest BCUT2D eigenvalue weighted by molar-refractivity contribution is -0.139. The predicted molar refractivity (Wildman–Crippen MR) is 131 cm³/mol. The third-order valence-corrected chi connectivity index (χ3v) is 6.47. The second-order valence-electron chi connectivity index (χ2n) is 9.70. The number of benzene rings is 1. The lowest BCUT2D eigenvalue weighted by atomic mass is 9.93. The molecule has 0 bridgehead atoms. The Labute approximate surface area is 202 Å². The van der Waals surface area contributed by atoms with Crippen LogP contribution in [0.4, 0.5) is 4.79 Å². The average molecular weight is 471 g/mol. The summed E-state index contributed by atoms with van der Waals surface area (Å²) < 4.78 is 5.42. The molecule has 8 heteroatoms. The van der Waals surface area contributed by atoms with Crippen molar-refractivity contribution in [2.75, 3.05) is 39.8 Å². The zero-order valence-corrected chi connectivity index (χ0v) is 21.3. The van der Waals surface area contributed by atoms with E-state index in [1.807, 2.05) is 36.1 Å². The van der Waals surface area contributed by atoms with E-state index in [1.54, 1.807) is 14.0 Å². The van der Waals surface area contributed by atoms with Crippen LogP contribution in [0.5, 0.6) is 0 Å². The molecule has 2 aliphatic rings. The van der Waals surface area contributed by atoms with Crippen molar-refractivity contribution in [1.82, 2.24) is 20.0 Å². The Balaban J connectivity index is 1.89. The molecule has 0 aliphatic carbocycles. The molecule has 2 heterocycles. The number of ether oxygens (including phenoxy) is 1. The highest BCUT2D eigenvalue weighted by molar-refractivity contribution is 5.95. The van der Waals surface area contributed by atoms with Gasteiger partial charge in [-0.15, -0.1) is 0 Å². The Kier molecular flexibility index (Phi) is 8.36. The second-order valence-corrected chi connectivity index (χ2v) is 9.70. The number of urea groups is 1. The third-order valence-electron chi connectivity index (χ3n) is 6.47. The van der Waals surface area contributed by atoms with Crippen LogP contribution >= 0.6 is 0 Å². The maximum Gasteiger partial charge on any atom is 0.338 e. The predicted octanol–water partition coefficient (Wildman–Crippen LogP) is 3.09. The number of hydrogen-bond donors (Lipinski definition) is 1. The second kappa shape index (κ2) is 11.0. The Morgan fingerprint density at radius 1 is 1.18 bits per heavy atom. The molecule has 1 N–H and O–H groups in total. The maximum atomic E-state index is 13.1. The largest absolute Gasteiger partial charge is 0.463 e. The summed E-state index contributed by atoms with van der Waals surface area (Å²) in [4.78, 5) is 44.3. The molecule has 0 saturated carbocycles. The minimum absolute atomic E-state index is 0.0577. The van der Waals surface area contributed by atoms with Crippen molar-refractivity contribution in [3.63, 3.8) is 0 Å². The zero-order valence-electron chi connectivity index (χ0n) is 21.3. The van der Waals surface area contributed by atoms with E-state index in [9.17, 15) is 14.4 Å². The molecule has 8 nitrogen and oxygen atoms in total. The highest BCUT2D eigenvalue weighted by Crippen LogP contribution is 2.32. The highest BCUT2D eigenvalue weighted by Gasteiger charge is 2.38. The monoisotopic (exact) mass is 470 g/mol. The van der Waals surface area contributed by atoms with Gasteiger partial charge in [-0.25, -0.2) is 9.59 Å². The molecular weight excluding hydrogens is 432 g/mol. The Morgan fingerprint density at radius 3 is 2.44 bits per heavy atom. The summed E-state index contributed by atoms with van der Waals surface area (Å²) in [6.07, 6.45) is 0.545. The van der Waals surface area contributed by atoms with Crippen LogP contribution in [0, 0.1) is 12.8 Å². The first kappa shape index (κ1) is 25.7. The summed E-state index contributed by atoms with van der Waals surface area (Å²) in [6.45, 7) is 12.6. The number of esters is 1. The standard InChI is InChI=1S/C26H38N4O4/c1-7-34-25(32)23-21(16-29-12-13-30(19(5)15-29)22(31)14-17(2)3)28(6)26(33)27-24(23)20-10-8-18(4)9-11-20/h8-11,17,19,24H,7,12-16H2,1-6H3,(H,27,33). The molecule has 0 radical (unpaired) electrons. The van der Waals surface area contributed by atoms with Crippen molar-refractivity contribution >= 4 is 17.9 Å². The van der Waals surface area contributed by atoms with Crippen molar-refractivity contribution in [2.24, 2.45) is 5.92 Å². The number of aryl methyl sites for hydroxylation is 1. The van der Waals surface area contributed by atoms with Crippen LogP contribution in [-0.2, 0) is 14.3 Å². The first-order valence-electron chi connectivity index (χ1n) is 12.1. The van der Waals surface area contributed by atoms with Gasteiger partial charge in [0.25, 0.3) is 0 Å². The fraction of sp³-hybridized carbons (Fsp3) is 0.577. The van der Waals surface area contributed by atoms with E-state index >= 15 is 0 Å². The lowest BCUT2D eigenvalue weighted by Gasteiger charge is -2.42. The Bertz CT molecular complexity index is 941. The molecule has 3 rings (SSSR count). The Hall–Kier alpha value is -2.87. The van der Waals surface area contributed by atoms with Gasteiger partial charge in [-0.05, 0) is 32.3 Å². The summed E-state index contributed by atoms with van der Waals surface area (Å²) in [5, 5.41) is 2.96. The van der Waals surface area contributed by atoms with Crippen molar-refractivity contribution in [3.8, 4) is 0 Å². The van der Waals surface area contributed by atoms with Crippen LogP contribution in [0.1, 0.15) is 51.3 Å². The molecule has 1 fully saturated rings. The minimum atomic E-state index is -0.579. The van der Waals surface area contributed by atoms with Crippen molar-refractivity contribution in [1.29, 1.82) is 0 Å². The number of hydrogen-bond acceptors (Lipinski definition) is 5. The number of rotatable bonds is 7. The molecule has 2 atom stereocenters. The van der Waals surface area contributed by atoms with Crippen molar-refractivity contribution in [2.45, 2.75) is 53.1 Å². The zero-order chi connectivity index (χ0) is 25.0. The molecule has 0 aromatic heterocycles. The SMILES string of the molecule is CCOC(=O)C1=C(CN2CCN(C(=O)CC(C)C)C(C)C2)N(C)C(=O)NC1c1ccc(C)cc1. The van der Waals surface area contributed by atoms with Gasteiger partial charge in [0.05, 0.1) is 18.2 Å². The van der Waals surface area contributed by atoms with E-state index in [4.69, 9.17) is 4.74 Å². The number of amides is 3. The number of nitrogens with zero attached hydrogens (tertiary/aromatic N) is 3. The van der Waals surface area contributed by atoms with E-state index in [1.165, 1.54) is 4.90 Å². The molecule has 1 saturated heterocycles. The summed E-state index contributed by atoms with van der Waals surface area (Å²) in [7, 11) is 1.68. The summed E-state index contributed by atoms with van der Waals surface area (Å²) >= 11 is 0. The van der Waals surface area contributed by atoms with Crippen LogP contribution in [0.25, 0.3) is 0 Å². The fourth-order valence-electron chi connectivity index (χ4n) is 4.63.